The molecule has 1 saturated heterocycles. The quantitative estimate of drug-likeness (QED) is 0.808. The Morgan fingerprint density at radius 2 is 1.95 bits per heavy atom. The van der Waals surface area contributed by atoms with Crippen molar-refractivity contribution in [3.63, 3.8) is 0 Å². The SMILES string of the molecule is Cc1ccc(Br)cc1S(=O)(=O)N1CCC2CCCCC21. The molecular formula is C15H20BrNO2S. The largest absolute Gasteiger partial charge is 0.243 e. The lowest BCUT2D eigenvalue weighted by Crippen LogP contribution is -2.39. The Balaban J connectivity index is 1.97. The van der Waals surface area contributed by atoms with Gasteiger partial charge >= 0.3 is 0 Å². The highest BCUT2D eigenvalue weighted by Gasteiger charge is 2.42. The van der Waals surface area contributed by atoms with Crippen LogP contribution in [-0.4, -0.2) is 25.3 Å². The summed E-state index contributed by atoms with van der Waals surface area (Å²) in [5, 5.41) is 0. The maximum Gasteiger partial charge on any atom is 0.243 e. The molecule has 5 heteroatoms. The molecule has 1 heterocycles. The molecule has 110 valence electrons. The molecule has 20 heavy (non-hydrogen) atoms. The normalized spacial score (nSPS) is 27.5. The first-order valence-corrected chi connectivity index (χ1v) is 9.51. The second-order valence-electron chi connectivity index (χ2n) is 5.93. The summed E-state index contributed by atoms with van der Waals surface area (Å²) >= 11 is 3.38. The van der Waals surface area contributed by atoms with E-state index in [0.717, 1.165) is 29.3 Å². The fourth-order valence-electron chi connectivity index (χ4n) is 3.64. The van der Waals surface area contributed by atoms with E-state index in [1.807, 2.05) is 19.1 Å². The number of aryl methyl sites for hydroxylation is 1. The van der Waals surface area contributed by atoms with Crippen LogP contribution in [0, 0.1) is 12.8 Å². The Morgan fingerprint density at radius 1 is 1.20 bits per heavy atom. The van der Waals surface area contributed by atoms with Crippen molar-refractivity contribution in [1.82, 2.24) is 4.31 Å². The summed E-state index contributed by atoms with van der Waals surface area (Å²) in [4.78, 5) is 0.457. The van der Waals surface area contributed by atoms with Crippen LogP contribution in [0.1, 0.15) is 37.7 Å². The lowest BCUT2D eigenvalue weighted by atomic mass is 9.86. The van der Waals surface area contributed by atoms with Gasteiger partial charge in [-0.1, -0.05) is 34.8 Å². The van der Waals surface area contributed by atoms with Gasteiger partial charge < -0.3 is 0 Å². The number of sulfonamides is 1. The molecular weight excluding hydrogens is 338 g/mol. The fourth-order valence-corrected chi connectivity index (χ4v) is 6.14. The van der Waals surface area contributed by atoms with E-state index >= 15 is 0 Å². The van der Waals surface area contributed by atoms with Crippen LogP contribution in [0.25, 0.3) is 0 Å². The molecule has 1 saturated carbocycles. The smallest absolute Gasteiger partial charge is 0.207 e. The van der Waals surface area contributed by atoms with Crippen molar-refractivity contribution in [2.75, 3.05) is 6.54 Å². The summed E-state index contributed by atoms with van der Waals surface area (Å²) in [6, 6.07) is 5.72. The molecule has 1 aliphatic carbocycles. The summed E-state index contributed by atoms with van der Waals surface area (Å²) < 4.78 is 28.5. The minimum atomic E-state index is -3.36. The zero-order valence-corrected chi connectivity index (χ0v) is 14.1. The lowest BCUT2D eigenvalue weighted by molar-refractivity contribution is 0.260. The second-order valence-corrected chi connectivity index (χ2v) is 8.70. The molecule has 2 aliphatic rings. The van der Waals surface area contributed by atoms with Crippen molar-refractivity contribution in [2.24, 2.45) is 5.92 Å². The van der Waals surface area contributed by atoms with Crippen molar-refractivity contribution in [3.8, 4) is 0 Å². The third-order valence-electron chi connectivity index (χ3n) is 4.70. The second kappa shape index (κ2) is 5.43. The first kappa shape index (κ1) is 14.5. The van der Waals surface area contributed by atoms with Crippen LogP contribution < -0.4 is 0 Å². The highest BCUT2D eigenvalue weighted by molar-refractivity contribution is 9.10. The summed E-state index contributed by atoms with van der Waals surface area (Å²) in [5.41, 5.74) is 0.826. The number of nitrogens with zero attached hydrogens (tertiary/aromatic N) is 1. The predicted molar refractivity (Wildman–Crippen MR) is 83.1 cm³/mol. The first-order chi connectivity index (χ1) is 9.50. The monoisotopic (exact) mass is 357 g/mol. The van der Waals surface area contributed by atoms with Gasteiger partial charge in [-0.25, -0.2) is 8.42 Å². The number of fused-ring (bicyclic) bond motifs is 1. The van der Waals surface area contributed by atoms with E-state index in [1.54, 1.807) is 10.4 Å². The molecule has 0 amide bonds. The average molecular weight is 358 g/mol. The zero-order valence-electron chi connectivity index (χ0n) is 11.7. The average Bonchev–Trinajstić information content (AvgIpc) is 2.86. The van der Waals surface area contributed by atoms with Gasteiger partial charge in [0, 0.05) is 17.1 Å². The molecule has 0 N–H and O–H groups in total. The number of benzene rings is 1. The topological polar surface area (TPSA) is 37.4 Å². The van der Waals surface area contributed by atoms with Gasteiger partial charge in [0.2, 0.25) is 10.0 Å². The van der Waals surface area contributed by atoms with Gasteiger partial charge in [0.1, 0.15) is 0 Å². The fraction of sp³-hybridized carbons (Fsp3) is 0.600. The van der Waals surface area contributed by atoms with Gasteiger partial charge in [-0.05, 0) is 49.8 Å². The van der Waals surface area contributed by atoms with E-state index in [4.69, 9.17) is 0 Å². The van der Waals surface area contributed by atoms with Crippen LogP contribution in [-0.2, 0) is 10.0 Å². The van der Waals surface area contributed by atoms with Gasteiger partial charge in [0.15, 0.2) is 0 Å². The van der Waals surface area contributed by atoms with Gasteiger partial charge in [0.05, 0.1) is 4.90 Å². The van der Waals surface area contributed by atoms with Crippen LogP contribution in [0.4, 0.5) is 0 Å². The van der Waals surface area contributed by atoms with E-state index in [9.17, 15) is 8.42 Å². The Kier molecular flexibility index (Phi) is 3.95. The highest BCUT2D eigenvalue weighted by Crippen LogP contribution is 2.39. The van der Waals surface area contributed by atoms with Gasteiger partial charge in [-0.2, -0.15) is 4.31 Å². The van der Waals surface area contributed by atoms with Crippen molar-refractivity contribution in [2.45, 2.75) is 50.0 Å². The van der Waals surface area contributed by atoms with E-state index in [1.165, 1.54) is 12.8 Å². The molecule has 0 radical (unpaired) electrons. The Hall–Kier alpha value is -0.390. The molecule has 1 aromatic carbocycles. The summed E-state index contributed by atoms with van der Waals surface area (Å²) in [6.45, 7) is 2.55. The standard InChI is InChI=1S/C15H20BrNO2S/c1-11-6-7-13(16)10-15(11)20(18,19)17-9-8-12-4-2-3-5-14(12)17/h6-7,10,12,14H,2-5,8-9H2,1H3. The van der Waals surface area contributed by atoms with Crippen LogP contribution in [0.5, 0.6) is 0 Å². The van der Waals surface area contributed by atoms with Gasteiger partial charge in [0.25, 0.3) is 0 Å². The predicted octanol–water partition coefficient (Wildman–Crippen LogP) is 3.71. The van der Waals surface area contributed by atoms with Crippen LogP contribution in [0.2, 0.25) is 0 Å². The summed E-state index contributed by atoms with van der Waals surface area (Å²) in [6.07, 6.45) is 5.65. The van der Waals surface area contributed by atoms with Crippen LogP contribution in [0.15, 0.2) is 27.6 Å². The number of hydrogen-bond donors (Lipinski definition) is 0. The number of halogens is 1. The van der Waals surface area contributed by atoms with Crippen molar-refractivity contribution < 1.29 is 8.42 Å². The Morgan fingerprint density at radius 3 is 2.75 bits per heavy atom. The maximum atomic E-state index is 13.0. The Labute approximate surface area is 129 Å². The third kappa shape index (κ3) is 2.44. The van der Waals surface area contributed by atoms with E-state index in [-0.39, 0.29) is 6.04 Å². The summed E-state index contributed by atoms with van der Waals surface area (Å²) in [7, 11) is -3.36. The van der Waals surface area contributed by atoms with E-state index < -0.39 is 10.0 Å². The molecule has 2 atom stereocenters. The van der Waals surface area contributed by atoms with Crippen LogP contribution >= 0.6 is 15.9 Å². The van der Waals surface area contributed by atoms with Crippen LogP contribution in [0.3, 0.4) is 0 Å². The summed E-state index contributed by atoms with van der Waals surface area (Å²) in [5.74, 6) is 0.575. The lowest BCUT2D eigenvalue weighted by Gasteiger charge is -2.31. The third-order valence-corrected chi connectivity index (χ3v) is 7.26. The maximum absolute atomic E-state index is 13.0. The van der Waals surface area contributed by atoms with Crippen molar-refractivity contribution in [3.05, 3.63) is 28.2 Å². The van der Waals surface area contributed by atoms with E-state index in [0.29, 0.717) is 17.4 Å². The first-order valence-electron chi connectivity index (χ1n) is 7.28. The molecule has 2 unspecified atom stereocenters. The minimum Gasteiger partial charge on any atom is -0.207 e. The van der Waals surface area contributed by atoms with Crippen molar-refractivity contribution >= 4 is 26.0 Å². The number of hydrogen-bond acceptors (Lipinski definition) is 2. The molecule has 0 aromatic heterocycles. The highest BCUT2D eigenvalue weighted by atomic mass is 79.9. The van der Waals surface area contributed by atoms with Crippen molar-refractivity contribution in [1.29, 1.82) is 0 Å². The van der Waals surface area contributed by atoms with E-state index in [2.05, 4.69) is 15.9 Å². The molecule has 0 bridgehead atoms. The molecule has 2 fully saturated rings. The minimum absolute atomic E-state index is 0.229. The molecule has 3 nitrogen and oxygen atoms in total. The molecule has 0 spiro atoms. The molecule has 1 aliphatic heterocycles. The van der Waals surface area contributed by atoms with Gasteiger partial charge in [-0.15, -0.1) is 0 Å². The number of rotatable bonds is 2. The molecule has 1 aromatic rings. The molecule has 3 rings (SSSR count). The Bertz CT molecular complexity index is 614. The zero-order chi connectivity index (χ0) is 14.3. The van der Waals surface area contributed by atoms with Gasteiger partial charge in [-0.3, -0.25) is 0 Å².